The number of rotatable bonds is 4. The molecule has 2 amide bonds. The van der Waals surface area contributed by atoms with E-state index in [1.807, 2.05) is 61.2 Å². The summed E-state index contributed by atoms with van der Waals surface area (Å²) in [6.07, 6.45) is 5.21. The third-order valence-electron chi connectivity index (χ3n) is 6.19. The number of carbonyl (C=O) groups excluding carboxylic acids is 2. The number of nitrogens with one attached hydrogen (secondary N) is 2. The Balaban J connectivity index is 0.00000148. The van der Waals surface area contributed by atoms with Crippen LogP contribution < -0.4 is 10.6 Å². The van der Waals surface area contributed by atoms with E-state index in [0.29, 0.717) is 30.2 Å². The van der Waals surface area contributed by atoms with Crippen LogP contribution in [0.1, 0.15) is 55.1 Å². The minimum Gasteiger partial charge on any atom is -0.340 e. The first kappa shape index (κ1) is 24.9. The first-order chi connectivity index (χ1) is 17.5. The number of carbonyl (C=O) groups is 2. The summed E-state index contributed by atoms with van der Waals surface area (Å²) in [5.41, 5.74) is 4.21. The third-order valence-corrected chi connectivity index (χ3v) is 6.19. The van der Waals surface area contributed by atoms with E-state index >= 15 is 0 Å². The fraction of sp³-hybridized carbons (Fsp3) is 0.241. The average molecular weight is 482 g/mol. The van der Waals surface area contributed by atoms with Gasteiger partial charge in [-0.1, -0.05) is 32.9 Å². The number of hydrogen-bond donors (Lipinski definition) is 2. The predicted molar refractivity (Wildman–Crippen MR) is 145 cm³/mol. The second-order valence-corrected chi connectivity index (χ2v) is 8.63. The van der Waals surface area contributed by atoms with Crippen molar-refractivity contribution in [3.05, 3.63) is 89.9 Å². The topological polar surface area (TPSA) is 87.2 Å². The number of anilines is 3. The number of fused-ring (bicyclic) bond motifs is 2. The van der Waals surface area contributed by atoms with Crippen LogP contribution in [0.3, 0.4) is 0 Å². The van der Waals surface area contributed by atoms with Crippen LogP contribution in [0.25, 0.3) is 10.8 Å². The van der Waals surface area contributed by atoms with Crippen molar-refractivity contribution in [3.8, 4) is 0 Å². The van der Waals surface area contributed by atoms with Crippen LogP contribution >= 0.6 is 0 Å². The second-order valence-electron chi connectivity index (χ2n) is 8.63. The van der Waals surface area contributed by atoms with E-state index in [9.17, 15) is 9.59 Å². The number of amides is 2. The summed E-state index contributed by atoms with van der Waals surface area (Å²) < 4.78 is 0. The van der Waals surface area contributed by atoms with Crippen LogP contribution in [0.4, 0.5) is 17.2 Å². The summed E-state index contributed by atoms with van der Waals surface area (Å²) in [5.74, 6) is 0.522. The molecular formula is C29H31N5O2. The molecule has 1 unspecified atom stereocenters. The molecule has 0 aliphatic carbocycles. The SMILES string of the molecule is CC.CC(=O)N1Cc2cc(NC(=O)c3cccnc3Nc3ccc4ccncc4c3)ccc2C(C)C1. The highest BCUT2D eigenvalue weighted by atomic mass is 16.2. The Hall–Kier alpha value is -4.26. The number of benzene rings is 2. The zero-order chi connectivity index (χ0) is 25.7. The molecule has 36 heavy (non-hydrogen) atoms. The molecule has 1 aliphatic heterocycles. The van der Waals surface area contributed by atoms with Gasteiger partial charge in [-0.3, -0.25) is 14.6 Å². The van der Waals surface area contributed by atoms with Gasteiger partial charge in [-0.15, -0.1) is 0 Å². The van der Waals surface area contributed by atoms with Gasteiger partial charge in [0.2, 0.25) is 5.91 Å². The van der Waals surface area contributed by atoms with Crippen molar-refractivity contribution in [3.63, 3.8) is 0 Å². The van der Waals surface area contributed by atoms with Crippen molar-refractivity contribution < 1.29 is 9.59 Å². The maximum atomic E-state index is 13.2. The minimum atomic E-state index is -0.259. The van der Waals surface area contributed by atoms with Gasteiger partial charge in [0.15, 0.2) is 0 Å². The fourth-order valence-electron chi connectivity index (χ4n) is 4.43. The normalized spacial score (nSPS) is 14.3. The van der Waals surface area contributed by atoms with E-state index in [-0.39, 0.29) is 17.7 Å². The molecule has 7 heteroatoms. The molecule has 1 atom stereocenters. The Kier molecular flexibility index (Phi) is 7.59. The molecule has 3 heterocycles. The van der Waals surface area contributed by atoms with Gasteiger partial charge in [0.05, 0.1) is 5.56 Å². The number of aromatic nitrogens is 2. The van der Waals surface area contributed by atoms with Crippen LogP contribution in [0.5, 0.6) is 0 Å². The summed E-state index contributed by atoms with van der Waals surface area (Å²) >= 11 is 0. The second kappa shape index (κ2) is 11.0. The standard InChI is InChI=1S/C27H25N5O2.C2H6/c1-17-15-32(18(2)33)16-21-13-23(7-8-24(17)21)31-27(34)25-4-3-10-29-26(25)30-22-6-5-19-9-11-28-14-20(19)12-22;1-2/h3-14,17H,15-16H2,1-2H3,(H,29,30)(H,31,34);1-2H3. The third kappa shape index (κ3) is 5.35. The molecule has 2 aromatic carbocycles. The smallest absolute Gasteiger partial charge is 0.259 e. The lowest BCUT2D eigenvalue weighted by molar-refractivity contribution is -0.130. The highest BCUT2D eigenvalue weighted by Crippen LogP contribution is 2.30. The van der Waals surface area contributed by atoms with E-state index in [1.165, 1.54) is 5.56 Å². The van der Waals surface area contributed by atoms with E-state index < -0.39 is 0 Å². The molecule has 7 nitrogen and oxygen atoms in total. The van der Waals surface area contributed by atoms with Crippen molar-refractivity contribution in [2.75, 3.05) is 17.2 Å². The van der Waals surface area contributed by atoms with E-state index in [1.54, 1.807) is 37.6 Å². The zero-order valence-corrected chi connectivity index (χ0v) is 21.1. The van der Waals surface area contributed by atoms with Gasteiger partial charge in [0.25, 0.3) is 5.91 Å². The predicted octanol–water partition coefficient (Wildman–Crippen LogP) is 6.12. The Labute approximate surface area is 211 Å². The fourth-order valence-corrected chi connectivity index (χ4v) is 4.43. The quantitative estimate of drug-likeness (QED) is 0.367. The summed E-state index contributed by atoms with van der Waals surface area (Å²) in [6, 6.07) is 17.3. The molecule has 4 aromatic rings. The lowest BCUT2D eigenvalue weighted by Crippen LogP contribution is -2.36. The maximum absolute atomic E-state index is 13.2. The van der Waals surface area contributed by atoms with Crippen LogP contribution in [-0.2, 0) is 11.3 Å². The molecule has 0 radical (unpaired) electrons. The van der Waals surface area contributed by atoms with Crippen molar-refractivity contribution in [2.45, 2.75) is 40.2 Å². The van der Waals surface area contributed by atoms with Crippen molar-refractivity contribution in [1.29, 1.82) is 0 Å². The average Bonchev–Trinajstić information content (AvgIpc) is 2.90. The molecule has 184 valence electrons. The molecular weight excluding hydrogens is 450 g/mol. The monoisotopic (exact) mass is 481 g/mol. The largest absolute Gasteiger partial charge is 0.340 e. The number of nitrogens with zero attached hydrogens (tertiary/aromatic N) is 3. The van der Waals surface area contributed by atoms with Crippen LogP contribution in [-0.4, -0.2) is 33.2 Å². The van der Waals surface area contributed by atoms with Gasteiger partial charge in [-0.05, 0) is 64.9 Å². The highest BCUT2D eigenvalue weighted by molar-refractivity contribution is 6.08. The Morgan fingerprint density at radius 2 is 1.78 bits per heavy atom. The van der Waals surface area contributed by atoms with Crippen molar-refractivity contribution >= 4 is 39.8 Å². The first-order valence-electron chi connectivity index (χ1n) is 12.2. The van der Waals surface area contributed by atoms with Crippen LogP contribution in [0, 0.1) is 0 Å². The number of hydrogen-bond acceptors (Lipinski definition) is 5. The highest BCUT2D eigenvalue weighted by Gasteiger charge is 2.24. The molecule has 0 saturated heterocycles. The van der Waals surface area contributed by atoms with Gasteiger partial charge in [0, 0.05) is 55.4 Å². The summed E-state index contributed by atoms with van der Waals surface area (Å²) in [6.45, 7) is 8.97. The van der Waals surface area contributed by atoms with E-state index in [0.717, 1.165) is 22.0 Å². The molecule has 0 spiro atoms. The Morgan fingerprint density at radius 1 is 0.972 bits per heavy atom. The lowest BCUT2D eigenvalue weighted by Gasteiger charge is -2.32. The van der Waals surface area contributed by atoms with Gasteiger partial charge >= 0.3 is 0 Å². The van der Waals surface area contributed by atoms with Crippen LogP contribution in [0.15, 0.2) is 73.2 Å². The van der Waals surface area contributed by atoms with Gasteiger partial charge in [-0.25, -0.2) is 4.98 Å². The van der Waals surface area contributed by atoms with Crippen molar-refractivity contribution in [1.82, 2.24) is 14.9 Å². The maximum Gasteiger partial charge on any atom is 0.259 e. The van der Waals surface area contributed by atoms with E-state index in [2.05, 4.69) is 27.5 Å². The molecule has 5 rings (SSSR count). The molecule has 2 N–H and O–H groups in total. The van der Waals surface area contributed by atoms with Crippen molar-refractivity contribution in [2.24, 2.45) is 0 Å². The van der Waals surface area contributed by atoms with Gasteiger partial charge < -0.3 is 15.5 Å². The Morgan fingerprint density at radius 3 is 2.58 bits per heavy atom. The Bertz CT molecular complexity index is 1400. The molecule has 0 fully saturated rings. The summed E-state index contributed by atoms with van der Waals surface area (Å²) in [7, 11) is 0. The summed E-state index contributed by atoms with van der Waals surface area (Å²) in [4.78, 5) is 35.5. The lowest BCUT2D eigenvalue weighted by atomic mass is 9.90. The van der Waals surface area contributed by atoms with Gasteiger partial charge in [0.1, 0.15) is 5.82 Å². The van der Waals surface area contributed by atoms with E-state index in [4.69, 9.17) is 0 Å². The molecule has 2 aromatic heterocycles. The zero-order valence-electron chi connectivity index (χ0n) is 21.1. The minimum absolute atomic E-state index is 0.0579. The first-order valence-corrected chi connectivity index (χ1v) is 12.2. The molecule has 0 bridgehead atoms. The van der Waals surface area contributed by atoms with Crippen LogP contribution in [0.2, 0.25) is 0 Å². The molecule has 1 aliphatic rings. The molecule has 0 saturated carbocycles. The number of pyridine rings is 2. The summed E-state index contributed by atoms with van der Waals surface area (Å²) in [5, 5.41) is 8.34. The van der Waals surface area contributed by atoms with Gasteiger partial charge in [-0.2, -0.15) is 0 Å².